The Bertz CT molecular complexity index is 1130. The lowest BCUT2D eigenvalue weighted by molar-refractivity contribution is 0.0681. The molecule has 0 saturated carbocycles. The van der Waals surface area contributed by atoms with Gasteiger partial charge in [-0.1, -0.05) is 6.07 Å². The molecule has 0 unspecified atom stereocenters. The Kier molecular flexibility index (Phi) is 3.46. The standard InChI is InChI=1S/C18H16N8O/c1-12-8-24(18(27)13-5-6-15-20-11-21-25(15)9-13)10-16-22-23-17(26(12)16)14-4-2-3-7-19-14/h2-7,9,11-12H,8,10H2,1H3/t12-/m0/s1. The predicted molar refractivity (Wildman–Crippen MR) is 95.7 cm³/mol. The van der Waals surface area contributed by atoms with Gasteiger partial charge in [-0.25, -0.2) is 9.50 Å². The van der Waals surface area contributed by atoms with E-state index in [2.05, 4.69) is 36.8 Å². The molecule has 1 amide bonds. The first-order chi connectivity index (χ1) is 13.2. The zero-order valence-corrected chi connectivity index (χ0v) is 14.6. The number of carbonyl (C=O) groups excluding carboxylic acids is 1. The number of aromatic nitrogens is 7. The van der Waals surface area contributed by atoms with Gasteiger partial charge < -0.3 is 9.47 Å². The van der Waals surface area contributed by atoms with E-state index in [-0.39, 0.29) is 11.9 Å². The molecule has 0 aromatic carbocycles. The molecule has 0 fully saturated rings. The summed E-state index contributed by atoms with van der Waals surface area (Å²) in [6.45, 7) is 3.02. The van der Waals surface area contributed by atoms with E-state index in [1.807, 2.05) is 18.2 Å². The Hall–Kier alpha value is -3.62. The molecule has 0 aliphatic carbocycles. The highest BCUT2D eigenvalue weighted by Gasteiger charge is 2.30. The summed E-state index contributed by atoms with van der Waals surface area (Å²) in [4.78, 5) is 23.3. The number of rotatable bonds is 2. The van der Waals surface area contributed by atoms with Gasteiger partial charge in [0.15, 0.2) is 17.3 Å². The van der Waals surface area contributed by atoms with Crippen molar-refractivity contribution in [3.8, 4) is 11.5 Å². The molecule has 1 aliphatic heterocycles. The van der Waals surface area contributed by atoms with Crippen LogP contribution in [0.2, 0.25) is 0 Å². The summed E-state index contributed by atoms with van der Waals surface area (Å²) >= 11 is 0. The Labute approximate surface area is 154 Å². The molecule has 0 radical (unpaired) electrons. The number of nitrogens with zero attached hydrogens (tertiary/aromatic N) is 8. The third-order valence-corrected chi connectivity index (χ3v) is 4.73. The molecule has 5 rings (SSSR count). The maximum absolute atomic E-state index is 13.0. The lowest BCUT2D eigenvalue weighted by Crippen LogP contribution is -2.40. The molecule has 0 saturated heterocycles. The van der Waals surface area contributed by atoms with E-state index < -0.39 is 0 Å². The summed E-state index contributed by atoms with van der Waals surface area (Å²) in [6.07, 6.45) is 4.91. The number of pyridine rings is 2. The van der Waals surface area contributed by atoms with Gasteiger partial charge in [0.25, 0.3) is 5.91 Å². The van der Waals surface area contributed by atoms with Gasteiger partial charge in [-0.3, -0.25) is 9.78 Å². The van der Waals surface area contributed by atoms with Crippen LogP contribution in [0.15, 0.2) is 49.1 Å². The second-order valence-electron chi connectivity index (χ2n) is 6.54. The van der Waals surface area contributed by atoms with Crippen LogP contribution >= 0.6 is 0 Å². The third-order valence-electron chi connectivity index (χ3n) is 4.73. The van der Waals surface area contributed by atoms with Crippen LogP contribution in [-0.4, -0.2) is 51.7 Å². The summed E-state index contributed by atoms with van der Waals surface area (Å²) in [5.41, 5.74) is 2.05. The van der Waals surface area contributed by atoms with Crippen molar-refractivity contribution in [1.82, 2.24) is 39.2 Å². The van der Waals surface area contributed by atoms with Crippen molar-refractivity contribution < 1.29 is 4.79 Å². The fraction of sp³-hybridized carbons (Fsp3) is 0.222. The Morgan fingerprint density at radius 2 is 2.07 bits per heavy atom. The van der Waals surface area contributed by atoms with Crippen LogP contribution in [0.5, 0.6) is 0 Å². The highest BCUT2D eigenvalue weighted by molar-refractivity contribution is 5.94. The highest BCUT2D eigenvalue weighted by Crippen LogP contribution is 2.27. The summed E-state index contributed by atoms with van der Waals surface area (Å²) in [5.74, 6) is 1.42. The van der Waals surface area contributed by atoms with E-state index in [9.17, 15) is 4.79 Å². The molecule has 27 heavy (non-hydrogen) atoms. The van der Waals surface area contributed by atoms with Crippen molar-refractivity contribution in [3.05, 3.63) is 60.4 Å². The Morgan fingerprint density at radius 1 is 1.15 bits per heavy atom. The average molecular weight is 360 g/mol. The normalized spacial score (nSPS) is 16.5. The van der Waals surface area contributed by atoms with Gasteiger partial charge in [0.1, 0.15) is 12.0 Å². The quantitative estimate of drug-likeness (QED) is 0.539. The van der Waals surface area contributed by atoms with Crippen LogP contribution in [0.25, 0.3) is 17.2 Å². The first kappa shape index (κ1) is 15.6. The van der Waals surface area contributed by atoms with Gasteiger partial charge >= 0.3 is 0 Å². The Morgan fingerprint density at radius 3 is 2.93 bits per heavy atom. The molecule has 134 valence electrons. The fourth-order valence-corrected chi connectivity index (χ4v) is 3.48. The van der Waals surface area contributed by atoms with Crippen LogP contribution in [-0.2, 0) is 6.54 Å². The topological polar surface area (TPSA) is 94.1 Å². The van der Waals surface area contributed by atoms with Crippen molar-refractivity contribution >= 4 is 11.6 Å². The van der Waals surface area contributed by atoms with Crippen molar-refractivity contribution in [2.45, 2.75) is 19.5 Å². The monoisotopic (exact) mass is 360 g/mol. The number of hydrogen-bond acceptors (Lipinski definition) is 6. The maximum Gasteiger partial charge on any atom is 0.255 e. The molecular weight excluding hydrogens is 344 g/mol. The average Bonchev–Trinajstić information content (AvgIpc) is 3.34. The van der Waals surface area contributed by atoms with Crippen LogP contribution in [0.1, 0.15) is 29.1 Å². The molecule has 0 spiro atoms. The lowest BCUT2D eigenvalue weighted by atomic mass is 10.1. The molecule has 4 aromatic heterocycles. The minimum Gasteiger partial charge on any atom is -0.329 e. The fourth-order valence-electron chi connectivity index (χ4n) is 3.48. The minimum atomic E-state index is -0.0621. The van der Waals surface area contributed by atoms with Gasteiger partial charge in [0.05, 0.1) is 18.2 Å². The number of carbonyl (C=O) groups is 1. The lowest BCUT2D eigenvalue weighted by Gasteiger charge is -2.32. The van der Waals surface area contributed by atoms with Crippen molar-refractivity contribution in [2.24, 2.45) is 0 Å². The first-order valence-electron chi connectivity index (χ1n) is 8.64. The molecule has 1 aliphatic rings. The molecule has 4 aromatic rings. The third kappa shape index (κ3) is 2.55. The van der Waals surface area contributed by atoms with Crippen LogP contribution < -0.4 is 0 Å². The van der Waals surface area contributed by atoms with Crippen molar-refractivity contribution in [2.75, 3.05) is 6.54 Å². The highest BCUT2D eigenvalue weighted by atomic mass is 16.2. The number of amides is 1. The summed E-state index contributed by atoms with van der Waals surface area (Å²) in [5, 5.41) is 12.7. The zero-order chi connectivity index (χ0) is 18.4. The summed E-state index contributed by atoms with van der Waals surface area (Å²) < 4.78 is 3.66. The van der Waals surface area contributed by atoms with Crippen LogP contribution in [0, 0.1) is 0 Å². The SMILES string of the molecule is C[C@H]1CN(C(=O)c2ccc3ncnn3c2)Cc2nnc(-c3ccccn3)n21. The molecular formula is C18H16N8O. The summed E-state index contributed by atoms with van der Waals surface area (Å²) in [7, 11) is 0. The van der Waals surface area contributed by atoms with E-state index >= 15 is 0 Å². The summed E-state index contributed by atoms with van der Waals surface area (Å²) in [6, 6.07) is 9.31. The molecule has 0 N–H and O–H groups in total. The second-order valence-corrected chi connectivity index (χ2v) is 6.54. The zero-order valence-electron chi connectivity index (χ0n) is 14.6. The minimum absolute atomic E-state index is 0.0415. The van der Waals surface area contributed by atoms with Crippen LogP contribution in [0.3, 0.4) is 0 Å². The van der Waals surface area contributed by atoms with E-state index in [0.29, 0.717) is 24.3 Å². The van der Waals surface area contributed by atoms with Crippen molar-refractivity contribution in [1.29, 1.82) is 0 Å². The van der Waals surface area contributed by atoms with Crippen molar-refractivity contribution in [3.63, 3.8) is 0 Å². The van der Waals surface area contributed by atoms with Gasteiger partial charge in [-0.2, -0.15) is 5.10 Å². The smallest absolute Gasteiger partial charge is 0.255 e. The molecule has 9 nitrogen and oxygen atoms in total. The first-order valence-corrected chi connectivity index (χ1v) is 8.64. The largest absolute Gasteiger partial charge is 0.329 e. The molecule has 5 heterocycles. The second kappa shape index (κ2) is 5.97. The number of hydrogen-bond donors (Lipinski definition) is 0. The van der Waals surface area contributed by atoms with E-state index in [0.717, 1.165) is 17.3 Å². The predicted octanol–water partition coefficient (Wildman–Crippen LogP) is 1.60. The number of fused-ring (bicyclic) bond motifs is 2. The van der Waals surface area contributed by atoms with E-state index in [4.69, 9.17) is 0 Å². The van der Waals surface area contributed by atoms with Gasteiger partial charge in [0, 0.05) is 18.9 Å². The molecule has 0 bridgehead atoms. The molecule has 1 atom stereocenters. The van der Waals surface area contributed by atoms with Crippen LogP contribution in [0.4, 0.5) is 0 Å². The van der Waals surface area contributed by atoms with E-state index in [1.165, 1.54) is 6.33 Å². The Balaban J connectivity index is 1.46. The van der Waals surface area contributed by atoms with E-state index in [1.54, 1.807) is 33.9 Å². The van der Waals surface area contributed by atoms with Gasteiger partial charge in [-0.15, -0.1) is 10.2 Å². The maximum atomic E-state index is 13.0. The molecule has 9 heteroatoms. The van der Waals surface area contributed by atoms with Gasteiger partial charge in [0.2, 0.25) is 0 Å². The van der Waals surface area contributed by atoms with Gasteiger partial charge in [-0.05, 0) is 31.2 Å².